The Bertz CT molecular complexity index is 1060. The van der Waals surface area contributed by atoms with E-state index in [1.54, 1.807) is 12.1 Å². The first kappa shape index (κ1) is 21.7. The zero-order valence-electron chi connectivity index (χ0n) is 16.8. The molecular formula is C22H20F4N4O2. The van der Waals surface area contributed by atoms with Crippen LogP contribution in [0.1, 0.15) is 23.2 Å². The molecule has 10 heteroatoms. The molecule has 1 atom stereocenters. The average Bonchev–Trinajstić information content (AvgIpc) is 3.24. The summed E-state index contributed by atoms with van der Waals surface area (Å²) in [4.78, 5) is 14.6. The molecule has 1 unspecified atom stereocenters. The molecule has 3 aromatic rings. The van der Waals surface area contributed by atoms with Crippen molar-refractivity contribution in [1.82, 2.24) is 15.5 Å². The molecule has 0 saturated carbocycles. The van der Waals surface area contributed by atoms with Crippen LogP contribution in [0.15, 0.2) is 54.6 Å². The van der Waals surface area contributed by atoms with Crippen molar-refractivity contribution >= 4 is 11.7 Å². The minimum Gasteiger partial charge on any atom is -0.406 e. The van der Waals surface area contributed by atoms with Crippen LogP contribution in [0.25, 0.3) is 11.3 Å². The van der Waals surface area contributed by atoms with Gasteiger partial charge in [0.25, 0.3) is 5.91 Å². The fourth-order valence-electron chi connectivity index (χ4n) is 3.63. The number of aromatic nitrogens is 2. The highest BCUT2D eigenvalue weighted by Gasteiger charge is 2.31. The molecule has 4 rings (SSSR count). The summed E-state index contributed by atoms with van der Waals surface area (Å²) in [5.41, 5.74) is 1.81. The summed E-state index contributed by atoms with van der Waals surface area (Å²) in [6, 6.07) is 12.6. The predicted octanol–water partition coefficient (Wildman–Crippen LogP) is 4.51. The van der Waals surface area contributed by atoms with Crippen LogP contribution in [0, 0.1) is 5.82 Å². The number of anilines is 1. The Labute approximate surface area is 181 Å². The van der Waals surface area contributed by atoms with Gasteiger partial charge in [-0.2, -0.15) is 5.10 Å². The number of piperidine rings is 1. The molecule has 32 heavy (non-hydrogen) atoms. The number of aromatic amines is 1. The first-order chi connectivity index (χ1) is 15.3. The van der Waals surface area contributed by atoms with Crippen molar-refractivity contribution in [2.75, 3.05) is 18.0 Å². The monoisotopic (exact) mass is 448 g/mol. The lowest BCUT2D eigenvalue weighted by atomic mass is 10.0. The summed E-state index contributed by atoms with van der Waals surface area (Å²) in [5, 5.41) is 10.2. The van der Waals surface area contributed by atoms with Crippen LogP contribution >= 0.6 is 0 Å². The number of halogens is 4. The molecule has 2 aromatic carbocycles. The van der Waals surface area contributed by atoms with Gasteiger partial charge in [0.05, 0.1) is 5.69 Å². The largest absolute Gasteiger partial charge is 0.573 e. The third kappa shape index (κ3) is 5.37. The number of benzene rings is 2. The minimum absolute atomic E-state index is 0.145. The van der Waals surface area contributed by atoms with E-state index in [4.69, 9.17) is 0 Å². The van der Waals surface area contributed by atoms with E-state index >= 15 is 0 Å². The zero-order valence-corrected chi connectivity index (χ0v) is 16.8. The quantitative estimate of drug-likeness (QED) is 0.564. The molecule has 0 aliphatic carbocycles. The van der Waals surface area contributed by atoms with E-state index in [9.17, 15) is 22.4 Å². The highest BCUT2D eigenvalue weighted by atomic mass is 19.4. The average molecular weight is 448 g/mol. The van der Waals surface area contributed by atoms with Crippen LogP contribution in [0.3, 0.4) is 0 Å². The molecule has 0 radical (unpaired) electrons. The fourth-order valence-corrected chi connectivity index (χ4v) is 3.63. The number of carbonyl (C=O) groups excluding carboxylic acids is 1. The van der Waals surface area contributed by atoms with E-state index < -0.39 is 6.36 Å². The third-order valence-corrected chi connectivity index (χ3v) is 5.15. The highest BCUT2D eigenvalue weighted by Crippen LogP contribution is 2.25. The number of H-pyrrole nitrogens is 1. The number of alkyl halides is 3. The highest BCUT2D eigenvalue weighted by molar-refractivity contribution is 5.94. The molecule has 2 heterocycles. The Morgan fingerprint density at radius 2 is 1.84 bits per heavy atom. The van der Waals surface area contributed by atoms with E-state index in [0.29, 0.717) is 6.54 Å². The van der Waals surface area contributed by atoms with Gasteiger partial charge >= 0.3 is 6.36 Å². The first-order valence-electron chi connectivity index (χ1n) is 10.00. The number of ether oxygens (including phenoxy) is 1. The van der Waals surface area contributed by atoms with E-state index in [-0.39, 0.29) is 29.1 Å². The maximum Gasteiger partial charge on any atom is 0.573 e. The van der Waals surface area contributed by atoms with Gasteiger partial charge in [-0.05, 0) is 66.9 Å². The Morgan fingerprint density at radius 1 is 1.12 bits per heavy atom. The summed E-state index contributed by atoms with van der Waals surface area (Å²) >= 11 is 0. The number of carbonyl (C=O) groups is 1. The molecule has 1 aliphatic heterocycles. The van der Waals surface area contributed by atoms with Gasteiger partial charge in [0.2, 0.25) is 0 Å². The van der Waals surface area contributed by atoms with Gasteiger partial charge in [0, 0.05) is 30.8 Å². The van der Waals surface area contributed by atoms with E-state index in [2.05, 4.69) is 20.3 Å². The Morgan fingerprint density at radius 3 is 2.53 bits per heavy atom. The van der Waals surface area contributed by atoms with Crippen molar-refractivity contribution in [3.63, 3.8) is 0 Å². The number of nitrogens with one attached hydrogen (secondary N) is 2. The van der Waals surface area contributed by atoms with Crippen LogP contribution in [-0.4, -0.2) is 41.6 Å². The van der Waals surface area contributed by atoms with Crippen LogP contribution < -0.4 is 15.0 Å². The molecule has 2 N–H and O–H groups in total. The summed E-state index contributed by atoms with van der Waals surface area (Å²) in [5.74, 6) is -0.347. The fraction of sp³-hybridized carbons (Fsp3) is 0.273. The molecule has 168 valence electrons. The lowest BCUT2D eigenvalue weighted by Gasteiger charge is -2.33. The second-order valence-corrected chi connectivity index (χ2v) is 7.48. The lowest BCUT2D eigenvalue weighted by Crippen LogP contribution is -2.48. The van der Waals surface area contributed by atoms with Crippen LogP contribution in [0.2, 0.25) is 0 Å². The van der Waals surface area contributed by atoms with Crippen molar-refractivity contribution in [3.05, 3.63) is 66.0 Å². The molecule has 1 aromatic heterocycles. The molecule has 1 amide bonds. The number of hydrogen-bond acceptors (Lipinski definition) is 4. The summed E-state index contributed by atoms with van der Waals surface area (Å²) in [7, 11) is 0. The third-order valence-electron chi connectivity index (χ3n) is 5.15. The van der Waals surface area contributed by atoms with Gasteiger partial charge in [-0.3, -0.25) is 9.89 Å². The van der Waals surface area contributed by atoms with Crippen molar-refractivity contribution in [1.29, 1.82) is 0 Å². The van der Waals surface area contributed by atoms with E-state index in [1.165, 1.54) is 24.3 Å². The Kier molecular flexibility index (Phi) is 6.02. The predicted molar refractivity (Wildman–Crippen MR) is 110 cm³/mol. The van der Waals surface area contributed by atoms with Crippen LogP contribution in [-0.2, 0) is 0 Å². The summed E-state index contributed by atoms with van der Waals surface area (Å²) in [6.07, 6.45) is -3.17. The normalized spacial score (nSPS) is 16.6. The number of nitrogens with zero attached hydrogens (tertiary/aromatic N) is 2. The van der Waals surface area contributed by atoms with Crippen molar-refractivity contribution in [2.45, 2.75) is 25.2 Å². The van der Waals surface area contributed by atoms with Gasteiger partial charge in [-0.15, -0.1) is 13.2 Å². The summed E-state index contributed by atoms with van der Waals surface area (Å²) < 4.78 is 53.8. The molecular weight excluding hydrogens is 428 g/mol. The maximum absolute atomic E-state index is 13.1. The number of amides is 1. The molecule has 1 saturated heterocycles. The minimum atomic E-state index is -4.78. The SMILES string of the molecule is O=C(NC1CCCN(c2cc(-c3ccc(F)cc3)[nH]n2)C1)c1ccc(OC(F)(F)F)cc1. The van der Waals surface area contributed by atoms with Gasteiger partial charge < -0.3 is 15.0 Å². The number of rotatable bonds is 5. The standard InChI is InChI=1S/C22H20F4N4O2/c23-16-7-3-14(4-8-16)19-12-20(29-28-19)30-11-1-2-17(13-30)27-21(31)15-5-9-18(10-6-15)32-22(24,25)26/h3-10,12,17H,1-2,11,13H2,(H,27,31)(H,28,29). The second kappa shape index (κ2) is 8.89. The van der Waals surface area contributed by atoms with E-state index in [1.807, 2.05) is 11.0 Å². The van der Waals surface area contributed by atoms with Gasteiger partial charge in [0.15, 0.2) is 5.82 Å². The smallest absolute Gasteiger partial charge is 0.406 e. The van der Waals surface area contributed by atoms with Gasteiger partial charge in [-0.25, -0.2) is 4.39 Å². The Hall–Kier alpha value is -3.56. The maximum atomic E-state index is 13.1. The van der Waals surface area contributed by atoms with Crippen molar-refractivity contribution in [3.8, 4) is 17.0 Å². The summed E-state index contributed by atoms with van der Waals surface area (Å²) in [6.45, 7) is 1.30. The molecule has 6 nitrogen and oxygen atoms in total. The number of hydrogen-bond donors (Lipinski definition) is 2. The van der Waals surface area contributed by atoms with Crippen molar-refractivity contribution < 1.29 is 27.1 Å². The zero-order chi connectivity index (χ0) is 22.7. The lowest BCUT2D eigenvalue weighted by molar-refractivity contribution is -0.274. The van der Waals surface area contributed by atoms with E-state index in [0.717, 1.165) is 48.6 Å². The molecule has 1 aliphatic rings. The topological polar surface area (TPSA) is 70.2 Å². The molecule has 0 bridgehead atoms. The Balaban J connectivity index is 1.37. The van der Waals surface area contributed by atoms with Crippen LogP contribution in [0.5, 0.6) is 5.75 Å². The van der Waals surface area contributed by atoms with Gasteiger partial charge in [-0.1, -0.05) is 0 Å². The first-order valence-corrected chi connectivity index (χ1v) is 10.00. The molecule has 0 spiro atoms. The van der Waals surface area contributed by atoms with Crippen molar-refractivity contribution in [2.24, 2.45) is 0 Å². The van der Waals surface area contributed by atoms with Crippen LogP contribution in [0.4, 0.5) is 23.4 Å². The van der Waals surface area contributed by atoms with Gasteiger partial charge in [0.1, 0.15) is 11.6 Å². The molecule has 1 fully saturated rings. The second-order valence-electron chi connectivity index (χ2n) is 7.48.